The number of hydrogen-bond donors (Lipinski definition) is 0. The van der Waals surface area contributed by atoms with Crippen LogP contribution in [0.15, 0.2) is 5.11 Å². The highest BCUT2D eigenvalue weighted by molar-refractivity contribution is 4.73. The van der Waals surface area contributed by atoms with E-state index in [1.54, 1.807) is 7.11 Å². The summed E-state index contributed by atoms with van der Waals surface area (Å²) in [6.07, 6.45) is 1.42. The second-order valence-corrected chi connectivity index (χ2v) is 2.05. The first-order valence-corrected chi connectivity index (χ1v) is 3.36. The van der Waals surface area contributed by atoms with Crippen LogP contribution in [0.5, 0.6) is 0 Å². The van der Waals surface area contributed by atoms with Gasteiger partial charge in [-0.25, -0.2) is 0 Å². The third-order valence-corrected chi connectivity index (χ3v) is 1.71. The van der Waals surface area contributed by atoms with Crippen LogP contribution in [-0.2, 0) is 4.74 Å². The summed E-state index contributed by atoms with van der Waals surface area (Å²) in [5, 5.41) is 3.57. The van der Waals surface area contributed by atoms with Gasteiger partial charge in [-0.3, -0.25) is 0 Å². The Labute approximate surface area is 60.8 Å². The van der Waals surface area contributed by atoms with Gasteiger partial charge in [0.05, 0.1) is 0 Å². The lowest BCUT2D eigenvalue weighted by molar-refractivity contribution is -0.0107. The Morgan fingerprint density at radius 2 is 2.00 bits per heavy atom. The van der Waals surface area contributed by atoms with Gasteiger partial charge >= 0.3 is 0 Å². The van der Waals surface area contributed by atoms with Crippen molar-refractivity contribution in [3.63, 3.8) is 0 Å². The largest absolute Gasteiger partial charge is 0.372 e. The molecule has 0 radical (unpaired) electrons. The molecule has 0 fully saturated rings. The summed E-state index contributed by atoms with van der Waals surface area (Å²) < 4.78 is 5.06. The highest BCUT2D eigenvalue weighted by Gasteiger charge is 2.22. The maximum Gasteiger partial charge on any atom is 0.146 e. The van der Waals surface area contributed by atoms with E-state index in [2.05, 4.69) is 10.0 Å². The Balaban J connectivity index is 4.29. The van der Waals surface area contributed by atoms with Crippen molar-refractivity contribution in [2.45, 2.75) is 32.4 Å². The smallest absolute Gasteiger partial charge is 0.146 e. The van der Waals surface area contributed by atoms with Crippen LogP contribution in [0.25, 0.3) is 10.4 Å². The van der Waals surface area contributed by atoms with E-state index in [1.807, 2.05) is 13.8 Å². The molecule has 0 N–H and O–H groups in total. The summed E-state index contributed by atoms with van der Waals surface area (Å²) >= 11 is 0. The molecular weight excluding hydrogens is 130 g/mol. The quantitative estimate of drug-likeness (QED) is 0.339. The summed E-state index contributed by atoms with van der Waals surface area (Å²) in [6.45, 7) is 3.86. The molecule has 0 saturated heterocycles. The number of ether oxygens (including phenoxy) is 1. The molecule has 0 aromatic heterocycles. The zero-order valence-corrected chi connectivity index (χ0v) is 6.66. The molecule has 0 heterocycles. The zero-order chi connectivity index (χ0) is 8.04. The van der Waals surface area contributed by atoms with Crippen LogP contribution in [-0.4, -0.2) is 12.8 Å². The van der Waals surface area contributed by atoms with Gasteiger partial charge in [-0.15, -0.1) is 0 Å². The van der Waals surface area contributed by atoms with Gasteiger partial charge in [0.25, 0.3) is 0 Å². The Morgan fingerprint density at radius 1 is 1.50 bits per heavy atom. The van der Waals surface area contributed by atoms with Gasteiger partial charge in [-0.2, -0.15) is 0 Å². The van der Waals surface area contributed by atoms with Gasteiger partial charge in [-0.1, -0.05) is 19.0 Å². The molecule has 0 bridgehead atoms. The van der Waals surface area contributed by atoms with Crippen molar-refractivity contribution in [2.75, 3.05) is 7.11 Å². The molecule has 4 heteroatoms. The topological polar surface area (TPSA) is 58.0 Å². The van der Waals surface area contributed by atoms with Gasteiger partial charge in [-0.05, 0) is 18.4 Å². The van der Waals surface area contributed by atoms with Crippen molar-refractivity contribution in [1.82, 2.24) is 0 Å². The first-order chi connectivity index (χ1) is 4.74. The van der Waals surface area contributed by atoms with Gasteiger partial charge in [0.1, 0.15) is 5.72 Å². The Bertz CT molecular complexity index is 128. The standard InChI is InChI=1S/C6H13N3O/c1-4-6(5-2,10-3)8-9-7/h4-5H2,1-3H3. The number of nitrogens with zero attached hydrogens (tertiary/aromatic N) is 3. The first-order valence-electron chi connectivity index (χ1n) is 3.36. The third-order valence-electron chi connectivity index (χ3n) is 1.71. The van der Waals surface area contributed by atoms with Gasteiger partial charge in [0, 0.05) is 12.0 Å². The molecular formula is C6H13N3O. The van der Waals surface area contributed by atoms with Crippen molar-refractivity contribution in [3.8, 4) is 0 Å². The molecule has 0 unspecified atom stereocenters. The lowest BCUT2D eigenvalue weighted by Gasteiger charge is -2.23. The minimum absolute atomic E-state index is 0.616. The highest BCUT2D eigenvalue weighted by Crippen LogP contribution is 2.20. The van der Waals surface area contributed by atoms with E-state index in [-0.39, 0.29) is 0 Å². The molecule has 0 saturated carbocycles. The highest BCUT2D eigenvalue weighted by atomic mass is 16.5. The molecule has 0 spiro atoms. The van der Waals surface area contributed by atoms with Crippen molar-refractivity contribution in [3.05, 3.63) is 10.4 Å². The first kappa shape index (κ1) is 9.27. The lowest BCUT2D eigenvalue weighted by atomic mass is 10.1. The monoisotopic (exact) mass is 143 g/mol. The summed E-state index contributed by atoms with van der Waals surface area (Å²) in [5.41, 5.74) is 7.56. The van der Waals surface area contributed by atoms with E-state index in [9.17, 15) is 0 Å². The molecule has 0 aliphatic carbocycles. The molecule has 0 aliphatic heterocycles. The van der Waals surface area contributed by atoms with Gasteiger partial charge < -0.3 is 4.74 Å². The predicted molar refractivity (Wildman–Crippen MR) is 39.5 cm³/mol. The zero-order valence-electron chi connectivity index (χ0n) is 6.66. The van der Waals surface area contributed by atoms with E-state index >= 15 is 0 Å². The fourth-order valence-electron chi connectivity index (χ4n) is 0.802. The van der Waals surface area contributed by atoms with Crippen LogP contribution in [0.1, 0.15) is 26.7 Å². The van der Waals surface area contributed by atoms with Crippen molar-refractivity contribution in [2.24, 2.45) is 5.11 Å². The van der Waals surface area contributed by atoms with Crippen LogP contribution in [0, 0.1) is 0 Å². The summed E-state index contributed by atoms with van der Waals surface area (Å²) in [6, 6.07) is 0. The maximum atomic E-state index is 8.17. The number of azide groups is 1. The van der Waals surface area contributed by atoms with Crippen LogP contribution >= 0.6 is 0 Å². The van der Waals surface area contributed by atoms with Crippen molar-refractivity contribution in [1.29, 1.82) is 0 Å². The fraction of sp³-hybridized carbons (Fsp3) is 1.00. The number of methoxy groups -OCH3 is 1. The van der Waals surface area contributed by atoms with Gasteiger partial charge in [0.15, 0.2) is 0 Å². The Morgan fingerprint density at radius 3 is 2.10 bits per heavy atom. The molecule has 4 nitrogen and oxygen atoms in total. The minimum atomic E-state index is -0.616. The summed E-state index contributed by atoms with van der Waals surface area (Å²) in [4.78, 5) is 2.72. The second kappa shape index (κ2) is 4.14. The van der Waals surface area contributed by atoms with Crippen molar-refractivity contribution < 1.29 is 4.74 Å². The third kappa shape index (κ3) is 1.90. The average Bonchev–Trinajstić information content (AvgIpc) is 2.01. The molecule has 0 aliphatic rings. The van der Waals surface area contributed by atoms with E-state index in [0.717, 1.165) is 0 Å². The fourth-order valence-corrected chi connectivity index (χ4v) is 0.802. The number of hydrogen-bond acceptors (Lipinski definition) is 2. The van der Waals surface area contributed by atoms with E-state index in [4.69, 9.17) is 10.3 Å². The molecule has 0 atom stereocenters. The molecule has 0 rings (SSSR count). The van der Waals surface area contributed by atoms with Crippen LogP contribution in [0.2, 0.25) is 0 Å². The SMILES string of the molecule is CCC(CC)(N=[N+]=[N-])OC. The minimum Gasteiger partial charge on any atom is -0.372 e. The van der Waals surface area contributed by atoms with E-state index in [1.165, 1.54) is 0 Å². The summed E-state index contributed by atoms with van der Waals surface area (Å²) in [7, 11) is 1.56. The molecule has 10 heavy (non-hydrogen) atoms. The lowest BCUT2D eigenvalue weighted by Crippen LogP contribution is -2.25. The second-order valence-electron chi connectivity index (χ2n) is 2.05. The van der Waals surface area contributed by atoms with Crippen molar-refractivity contribution >= 4 is 0 Å². The molecule has 0 amide bonds. The molecule has 0 aromatic rings. The average molecular weight is 143 g/mol. The van der Waals surface area contributed by atoms with Gasteiger partial charge in [0.2, 0.25) is 0 Å². The predicted octanol–water partition coefficient (Wildman–Crippen LogP) is 2.46. The maximum absolute atomic E-state index is 8.17. The van der Waals surface area contributed by atoms with E-state index in [0.29, 0.717) is 12.8 Å². The van der Waals surface area contributed by atoms with Crippen LogP contribution in [0.4, 0.5) is 0 Å². The van der Waals surface area contributed by atoms with E-state index < -0.39 is 5.72 Å². The Hall–Kier alpha value is -0.730. The molecule has 0 aromatic carbocycles. The normalized spacial score (nSPS) is 10.7. The van der Waals surface area contributed by atoms with Crippen LogP contribution in [0.3, 0.4) is 0 Å². The Kier molecular flexibility index (Phi) is 3.84. The molecule has 58 valence electrons. The number of rotatable bonds is 4. The van der Waals surface area contributed by atoms with Crippen LogP contribution < -0.4 is 0 Å². The summed E-state index contributed by atoms with van der Waals surface area (Å²) in [5.74, 6) is 0.